The van der Waals surface area contributed by atoms with E-state index in [1.54, 1.807) is 0 Å². The van der Waals surface area contributed by atoms with Gasteiger partial charge in [-0.15, -0.1) is 0 Å². The van der Waals surface area contributed by atoms with Gasteiger partial charge in [0.2, 0.25) is 0 Å². The second-order valence-electron chi connectivity index (χ2n) is 5.97. The summed E-state index contributed by atoms with van der Waals surface area (Å²) in [5.41, 5.74) is 6.27. The SMILES string of the molecule is CC1=CC(c2ccc(C3CO3)c(C)c2)CC=C1C(C)O. The van der Waals surface area contributed by atoms with Gasteiger partial charge in [-0.25, -0.2) is 0 Å². The number of benzene rings is 1. The summed E-state index contributed by atoms with van der Waals surface area (Å²) in [7, 11) is 0. The maximum absolute atomic E-state index is 9.73. The fourth-order valence-electron chi connectivity index (χ4n) is 3.13. The molecule has 1 heterocycles. The van der Waals surface area contributed by atoms with Crippen LogP contribution in [0.25, 0.3) is 0 Å². The maximum Gasteiger partial charge on any atom is 0.106 e. The van der Waals surface area contributed by atoms with Gasteiger partial charge < -0.3 is 9.84 Å². The van der Waals surface area contributed by atoms with Crippen molar-refractivity contribution in [3.05, 3.63) is 58.2 Å². The third kappa shape index (κ3) is 2.58. The fourth-order valence-corrected chi connectivity index (χ4v) is 3.13. The minimum atomic E-state index is -0.372. The van der Waals surface area contributed by atoms with E-state index in [-0.39, 0.29) is 6.10 Å². The zero-order valence-corrected chi connectivity index (χ0v) is 12.4. The lowest BCUT2D eigenvalue weighted by Gasteiger charge is -2.22. The summed E-state index contributed by atoms with van der Waals surface area (Å²) in [6.07, 6.45) is 5.39. The fraction of sp³-hybridized carbons (Fsp3) is 0.444. The van der Waals surface area contributed by atoms with E-state index in [2.05, 4.69) is 44.2 Å². The van der Waals surface area contributed by atoms with Gasteiger partial charge in [0.15, 0.2) is 0 Å². The highest BCUT2D eigenvalue weighted by atomic mass is 16.6. The van der Waals surface area contributed by atoms with Crippen molar-refractivity contribution in [3.8, 4) is 0 Å². The number of hydrogen-bond acceptors (Lipinski definition) is 2. The van der Waals surface area contributed by atoms with E-state index >= 15 is 0 Å². The van der Waals surface area contributed by atoms with Gasteiger partial charge in [0.05, 0.1) is 12.7 Å². The number of rotatable bonds is 3. The van der Waals surface area contributed by atoms with Crippen molar-refractivity contribution >= 4 is 0 Å². The summed E-state index contributed by atoms with van der Waals surface area (Å²) >= 11 is 0. The highest BCUT2D eigenvalue weighted by Gasteiger charge is 2.26. The van der Waals surface area contributed by atoms with Crippen LogP contribution in [0.4, 0.5) is 0 Å². The van der Waals surface area contributed by atoms with Gasteiger partial charge in [0, 0.05) is 5.92 Å². The quantitative estimate of drug-likeness (QED) is 0.847. The molecule has 1 aromatic rings. The minimum Gasteiger partial charge on any atom is -0.389 e. The number of aryl methyl sites for hydroxylation is 1. The first-order valence-electron chi connectivity index (χ1n) is 7.35. The summed E-state index contributed by atoms with van der Waals surface area (Å²) in [5, 5.41) is 9.73. The Bertz CT molecular complexity index is 577. The van der Waals surface area contributed by atoms with Crippen LogP contribution in [0.15, 0.2) is 41.5 Å². The maximum atomic E-state index is 9.73. The van der Waals surface area contributed by atoms with Crippen molar-refractivity contribution in [1.82, 2.24) is 0 Å². The monoisotopic (exact) mass is 270 g/mol. The molecule has 1 fully saturated rings. The number of epoxide rings is 1. The number of ether oxygens (including phenoxy) is 1. The summed E-state index contributed by atoms with van der Waals surface area (Å²) in [4.78, 5) is 0. The van der Waals surface area contributed by atoms with Crippen LogP contribution in [-0.4, -0.2) is 17.8 Å². The molecule has 2 heteroatoms. The third-order valence-electron chi connectivity index (χ3n) is 4.35. The normalized spacial score (nSPS) is 26.8. The molecule has 0 amide bonds. The molecule has 3 rings (SSSR count). The van der Waals surface area contributed by atoms with Crippen molar-refractivity contribution in [2.45, 2.75) is 45.3 Å². The van der Waals surface area contributed by atoms with E-state index in [0.717, 1.165) is 18.6 Å². The Morgan fingerprint density at radius 1 is 1.30 bits per heavy atom. The molecule has 106 valence electrons. The van der Waals surface area contributed by atoms with Crippen LogP contribution in [-0.2, 0) is 4.74 Å². The Labute approximate surface area is 120 Å². The summed E-state index contributed by atoms with van der Waals surface area (Å²) in [5.74, 6) is 0.422. The molecule has 0 spiro atoms. The molecule has 1 N–H and O–H groups in total. The topological polar surface area (TPSA) is 32.8 Å². The average Bonchev–Trinajstić information content (AvgIpc) is 3.22. The van der Waals surface area contributed by atoms with Gasteiger partial charge in [-0.2, -0.15) is 0 Å². The van der Waals surface area contributed by atoms with E-state index in [9.17, 15) is 5.11 Å². The molecule has 2 nitrogen and oxygen atoms in total. The van der Waals surface area contributed by atoms with E-state index in [1.807, 2.05) is 6.92 Å². The van der Waals surface area contributed by atoms with Gasteiger partial charge in [-0.3, -0.25) is 0 Å². The van der Waals surface area contributed by atoms with Crippen molar-refractivity contribution in [2.24, 2.45) is 0 Å². The van der Waals surface area contributed by atoms with Crippen molar-refractivity contribution < 1.29 is 9.84 Å². The minimum absolute atomic E-state index is 0.328. The van der Waals surface area contributed by atoms with Crippen LogP contribution in [0.5, 0.6) is 0 Å². The Morgan fingerprint density at radius 3 is 2.60 bits per heavy atom. The molecule has 0 saturated carbocycles. The largest absolute Gasteiger partial charge is 0.389 e. The van der Waals surface area contributed by atoms with Crippen molar-refractivity contribution in [2.75, 3.05) is 6.61 Å². The highest BCUT2D eigenvalue weighted by molar-refractivity contribution is 5.43. The predicted molar refractivity (Wildman–Crippen MR) is 80.8 cm³/mol. The first kappa shape index (κ1) is 13.6. The molecule has 0 bridgehead atoms. The first-order valence-corrected chi connectivity index (χ1v) is 7.35. The second-order valence-corrected chi connectivity index (χ2v) is 5.97. The standard InChI is InChI=1S/C18H22O2/c1-11-8-14(4-6-16(11)13(3)19)15-5-7-17(12(2)9-15)18-10-20-18/h5-9,13-14,18-19H,4,10H2,1-3H3. The first-order chi connectivity index (χ1) is 9.56. The molecule has 1 aromatic carbocycles. The molecular weight excluding hydrogens is 248 g/mol. The number of allylic oxidation sites excluding steroid dienone is 2. The van der Waals surface area contributed by atoms with Crippen LogP contribution in [0.3, 0.4) is 0 Å². The third-order valence-corrected chi connectivity index (χ3v) is 4.35. The molecule has 3 atom stereocenters. The van der Waals surface area contributed by atoms with Gasteiger partial charge in [-0.1, -0.05) is 30.4 Å². The molecule has 1 saturated heterocycles. The van der Waals surface area contributed by atoms with Crippen LogP contribution in [0, 0.1) is 6.92 Å². The van der Waals surface area contributed by atoms with E-state index in [0.29, 0.717) is 12.0 Å². The van der Waals surface area contributed by atoms with Crippen LogP contribution >= 0.6 is 0 Å². The van der Waals surface area contributed by atoms with E-state index in [4.69, 9.17) is 4.74 Å². The molecule has 20 heavy (non-hydrogen) atoms. The van der Waals surface area contributed by atoms with Gasteiger partial charge in [0.25, 0.3) is 0 Å². The second kappa shape index (κ2) is 5.19. The zero-order valence-electron chi connectivity index (χ0n) is 12.4. The van der Waals surface area contributed by atoms with Crippen LogP contribution in [0.2, 0.25) is 0 Å². The van der Waals surface area contributed by atoms with Crippen LogP contribution < -0.4 is 0 Å². The lowest BCUT2D eigenvalue weighted by atomic mass is 9.84. The van der Waals surface area contributed by atoms with Gasteiger partial charge >= 0.3 is 0 Å². The van der Waals surface area contributed by atoms with Crippen LogP contribution in [0.1, 0.15) is 49.0 Å². The predicted octanol–water partition coefficient (Wildman–Crippen LogP) is 3.81. The summed E-state index contributed by atoms with van der Waals surface area (Å²) < 4.78 is 5.37. The highest BCUT2D eigenvalue weighted by Crippen LogP contribution is 2.36. The van der Waals surface area contributed by atoms with Gasteiger partial charge in [-0.05, 0) is 55.0 Å². The molecule has 1 aliphatic heterocycles. The Kier molecular flexibility index (Phi) is 3.53. The Balaban J connectivity index is 1.83. The number of aliphatic hydroxyl groups excluding tert-OH is 1. The molecule has 1 aliphatic carbocycles. The molecule has 3 unspecified atom stereocenters. The average molecular weight is 270 g/mol. The Hall–Kier alpha value is -1.38. The number of aliphatic hydroxyl groups is 1. The number of hydrogen-bond donors (Lipinski definition) is 1. The molecule has 2 aliphatic rings. The van der Waals surface area contributed by atoms with Gasteiger partial charge in [0.1, 0.15) is 6.10 Å². The smallest absolute Gasteiger partial charge is 0.106 e. The molecular formula is C18H22O2. The molecule has 0 radical (unpaired) electrons. The molecule has 0 aromatic heterocycles. The Morgan fingerprint density at radius 2 is 2.05 bits per heavy atom. The summed E-state index contributed by atoms with van der Waals surface area (Å²) in [6, 6.07) is 6.71. The zero-order chi connectivity index (χ0) is 14.3. The van der Waals surface area contributed by atoms with Crippen molar-refractivity contribution in [3.63, 3.8) is 0 Å². The lowest BCUT2D eigenvalue weighted by molar-refractivity contribution is 0.232. The van der Waals surface area contributed by atoms with E-state index in [1.165, 1.54) is 22.3 Å². The lowest BCUT2D eigenvalue weighted by Crippen LogP contribution is -2.11. The van der Waals surface area contributed by atoms with Crippen molar-refractivity contribution in [1.29, 1.82) is 0 Å². The van der Waals surface area contributed by atoms with E-state index < -0.39 is 0 Å². The summed E-state index contributed by atoms with van der Waals surface area (Å²) in [6.45, 7) is 6.95.